The van der Waals surface area contributed by atoms with Gasteiger partial charge in [0.25, 0.3) is 0 Å². The predicted molar refractivity (Wildman–Crippen MR) is 106 cm³/mol. The first-order valence-corrected chi connectivity index (χ1v) is 9.50. The van der Waals surface area contributed by atoms with Gasteiger partial charge in [0.2, 0.25) is 0 Å². The van der Waals surface area contributed by atoms with Crippen molar-refractivity contribution in [3.8, 4) is 0 Å². The van der Waals surface area contributed by atoms with E-state index in [1.807, 2.05) is 19.1 Å². The van der Waals surface area contributed by atoms with Gasteiger partial charge < -0.3 is 0 Å². The van der Waals surface area contributed by atoms with Crippen molar-refractivity contribution < 1.29 is 5.11 Å². The highest BCUT2D eigenvalue weighted by atomic mass is 16.3. The summed E-state index contributed by atoms with van der Waals surface area (Å²) in [7, 11) is 0. The van der Waals surface area contributed by atoms with E-state index in [1.165, 1.54) is 16.7 Å². The van der Waals surface area contributed by atoms with Gasteiger partial charge in [-0.1, -0.05) is 91.9 Å². The third-order valence-corrected chi connectivity index (χ3v) is 6.14. The molecule has 1 saturated carbocycles. The minimum absolute atomic E-state index is 0.0512. The van der Waals surface area contributed by atoms with Gasteiger partial charge in [0, 0.05) is 5.41 Å². The molecule has 1 heteroatoms. The van der Waals surface area contributed by atoms with Crippen molar-refractivity contribution in [3.05, 3.63) is 107 Å². The van der Waals surface area contributed by atoms with E-state index < -0.39 is 5.60 Å². The molecule has 1 radical (unpaired) electrons. The van der Waals surface area contributed by atoms with Crippen molar-refractivity contribution in [2.45, 2.75) is 43.6 Å². The molecule has 1 aliphatic rings. The lowest BCUT2D eigenvalue weighted by atomic mass is 9.83. The van der Waals surface area contributed by atoms with E-state index in [0.717, 1.165) is 12.0 Å². The molecule has 0 N–H and O–H groups in total. The molecule has 1 fully saturated rings. The lowest BCUT2D eigenvalue weighted by Gasteiger charge is -2.21. The highest BCUT2D eigenvalue weighted by Gasteiger charge is 2.56. The van der Waals surface area contributed by atoms with Gasteiger partial charge in [-0.15, -0.1) is 0 Å². The average molecular weight is 341 g/mol. The van der Waals surface area contributed by atoms with Crippen molar-refractivity contribution in [1.82, 2.24) is 0 Å². The zero-order valence-electron chi connectivity index (χ0n) is 15.5. The second-order valence-electron chi connectivity index (χ2n) is 7.67. The molecular weight excluding hydrogens is 316 g/mol. The quantitative estimate of drug-likeness (QED) is 0.525. The Balaban J connectivity index is 1.72. The van der Waals surface area contributed by atoms with Crippen LogP contribution in [0.25, 0.3) is 0 Å². The topological polar surface area (TPSA) is 19.9 Å². The molecule has 0 amide bonds. The van der Waals surface area contributed by atoms with Gasteiger partial charge in [0.05, 0.1) is 0 Å². The standard InChI is InChI=1S/C25H25O/c1-3-24(2,26)20-16-14-19(15-17-20)23-18-25(23,21-10-6-4-7-11-21)22-12-8-5-9-13-22/h4-17,23H,3,18H2,1-2H3. The average Bonchev–Trinajstić information content (AvgIpc) is 3.46. The Labute approximate surface area is 156 Å². The fourth-order valence-corrected chi connectivity index (χ4v) is 4.21. The molecule has 1 aliphatic carbocycles. The minimum atomic E-state index is -1.00. The molecular formula is C25H25O. The molecule has 26 heavy (non-hydrogen) atoms. The minimum Gasteiger partial charge on any atom is -0.225 e. The van der Waals surface area contributed by atoms with E-state index in [0.29, 0.717) is 12.3 Å². The van der Waals surface area contributed by atoms with E-state index in [2.05, 4.69) is 72.8 Å². The summed E-state index contributed by atoms with van der Waals surface area (Å²) in [5, 5.41) is 12.5. The summed E-state index contributed by atoms with van der Waals surface area (Å²) in [6.07, 6.45) is 1.72. The van der Waals surface area contributed by atoms with Crippen LogP contribution < -0.4 is 0 Å². The van der Waals surface area contributed by atoms with Crippen LogP contribution in [0.2, 0.25) is 0 Å². The highest BCUT2D eigenvalue weighted by Crippen LogP contribution is 2.64. The summed E-state index contributed by atoms with van der Waals surface area (Å²) in [5.74, 6) is 0.459. The van der Waals surface area contributed by atoms with E-state index in [-0.39, 0.29) is 5.41 Å². The Hall–Kier alpha value is -2.38. The summed E-state index contributed by atoms with van der Waals surface area (Å²) < 4.78 is 0. The SMILES string of the molecule is CCC(C)([O])c1ccc(C2CC2(c2ccccc2)c2ccccc2)cc1. The highest BCUT2D eigenvalue weighted by molar-refractivity contribution is 5.53. The summed E-state index contributed by atoms with van der Waals surface area (Å²) >= 11 is 0. The zero-order valence-corrected chi connectivity index (χ0v) is 15.5. The molecule has 0 spiro atoms. The van der Waals surface area contributed by atoms with Gasteiger partial charge in [-0.25, -0.2) is 5.11 Å². The lowest BCUT2D eigenvalue weighted by molar-refractivity contribution is -0.0213. The summed E-state index contributed by atoms with van der Waals surface area (Å²) in [6, 6.07) is 30.0. The van der Waals surface area contributed by atoms with Crippen LogP contribution in [-0.2, 0) is 16.1 Å². The van der Waals surface area contributed by atoms with Crippen molar-refractivity contribution in [2.75, 3.05) is 0 Å². The molecule has 3 aromatic rings. The van der Waals surface area contributed by atoms with Crippen LogP contribution in [0.5, 0.6) is 0 Å². The molecule has 0 aromatic heterocycles. The van der Waals surface area contributed by atoms with Gasteiger partial charge in [-0.2, -0.15) is 0 Å². The number of hydrogen-bond acceptors (Lipinski definition) is 0. The maximum atomic E-state index is 12.5. The van der Waals surface area contributed by atoms with Gasteiger partial charge in [-0.3, -0.25) is 0 Å². The van der Waals surface area contributed by atoms with Crippen LogP contribution in [0.4, 0.5) is 0 Å². The summed E-state index contributed by atoms with van der Waals surface area (Å²) in [4.78, 5) is 0. The second kappa shape index (κ2) is 6.41. The number of benzene rings is 3. The number of rotatable bonds is 5. The normalized spacial score (nSPS) is 20.3. The van der Waals surface area contributed by atoms with E-state index in [4.69, 9.17) is 0 Å². The molecule has 4 rings (SSSR count). The predicted octanol–water partition coefficient (Wildman–Crippen LogP) is 6.22. The van der Waals surface area contributed by atoms with E-state index in [9.17, 15) is 5.11 Å². The Morgan fingerprint density at radius 1 is 0.846 bits per heavy atom. The second-order valence-corrected chi connectivity index (χ2v) is 7.67. The van der Waals surface area contributed by atoms with Crippen LogP contribution in [0.15, 0.2) is 84.9 Å². The third-order valence-electron chi connectivity index (χ3n) is 6.14. The van der Waals surface area contributed by atoms with Gasteiger partial charge in [-0.05, 0) is 47.9 Å². The molecule has 0 heterocycles. The van der Waals surface area contributed by atoms with E-state index in [1.54, 1.807) is 6.92 Å². The van der Waals surface area contributed by atoms with Crippen LogP contribution in [0.3, 0.4) is 0 Å². The van der Waals surface area contributed by atoms with Crippen LogP contribution in [0.1, 0.15) is 54.9 Å². The Kier molecular flexibility index (Phi) is 4.20. The van der Waals surface area contributed by atoms with Crippen LogP contribution >= 0.6 is 0 Å². The van der Waals surface area contributed by atoms with Crippen molar-refractivity contribution in [3.63, 3.8) is 0 Å². The summed E-state index contributed by atoms with van der Waals surface area (Å²) in [6.45, 7) is 3.73. The van der Waals surface area contributed by atoms with Gasteiger partial charge >= 0.3 is 0 Å². The molecule has 3 aromatic carbocycles. The van der Waals surface area contributed by atoms with Crippen molar-refractivity contribution >= 4 is 0 Å². The molecule has 0 aliphatic heterocycles. The molecule has 1 nitrogen and oxygen atoms in total. The van der Waals surface area contributed by atoms with Crippen LogP contribution in [0, 0.1) is 0 Å². The Morgan fingerprint density at radius 2 is 1.35 bits per heavy atom. The van der Waals surface area contributed by atoms with Gasteiger partial charge in [0.15, 0.2) is 0 Å². The zero-order chi connectivity index (χ0) is 18.2. The monoisotopic (exact) mass is 341 g/mol. The first kappa shape index (κ1) is 17.1. The first-order chi connectivity index (χ1) is 12.6. The maximum absolute atomic E-state index is 12.5. The van der Waals surface area contributed by atoms with Crippen LogP contribution in [-0.4, -0.2) is 0 Å². The Morgan fingerprint density at radius 3 is 1.81 bits per heavy atom. The molecule has 131 valence electrons. The third kappa shape index (κ3) is 2.77. The van der Waals surface area contributed by atoms with E-state index >= 15 is 0 Å². The fraction of sp³-hybridized carbons (Fsp3) is 0.280. The molecule has 2 unspecified atom stereocenters. The molecule has 2 atom stereocenters. The smallest absolute Gasteiger partial charge is 0.125 e. The van der Waals surface area contributed by atoms with Crippen molar-refractivity contribution in [2.24, 2.45) is 0 Å². The maximum Gasteiger partial charge on any atom is 0.125 e. The van der Waals surface area contributed by atoms with Gasteiger partial charge in [0.1, 0.15) is 5.60 Å². The largest absolute Gasteiger partial charge is 0.225 e. The lowest BCUT2D eigenvalue weighted by Crippen LogP contribution is -2.17. The summed E-state index contributed by atoms with van der Waals surface area (Å²) in [5.41, 5.74) is 4.01. The molecule has 0 saturated heterocycles. The first-order valence-electron chi connectivity index (χ1n) is 9.50. The fourth-order valence-electron chi connectivity index (χ4n) is 4.21. The molecule has 0 bridgehead atoms. The van der Waals surface area contributed by atoms with Crippen molar-refractivity contribution in [1.29, 1.82) is 0 Å². The Bertz CT molecular complexity index is 824. The number of hydrogen-bond donors (Lipinski definition) is 0.